The lowest BCUT2D eigenvalue weighted by Gasteiger charge is -2.22. The van der Waals surface area contributed by atoms with Crippen LogP contribution in [0.3, 0.4) is 0 Å². The SMILES string of the molecule is O=C(NCCc1ccncc1)C1CNCCO1. The number of pyridine rings is 1. The predicted molar refractivity (Wildman–Crippen MR) is 63.6 cm³/mol. The molecular weight excluding hydrogens is 218 g/mol. The second-order valence-electron chi connectivity index (χ2n) is 3.96. The average molecular weight is 235 g/mol. The molecule has 1 aliphatic heterocycles. The number of ether oxygens (including phenoxy) is 1. The van der Waals surface area contributed by atoms with Gasteiger partial charge >= 0.3 is 0 Å². The molecule has 0 aromatic carbocycles. The second-order valence-corrected chi connectivity index (χ2v) is 3.96. The van der Waals surface area contributed by atoms with E-state index in [1.54, 1.807) is 12.4 Å². The Morgan fingerprint density at radius 3 is 3.06 bits per heavy atom. The Balaban J connectivity index is 1.69. The molecule has 1 atom stereocenters. The van der Waals surface area contributed by atoms with Crippen LogP contribution in [-0.2, 0) is 16.0 Å². The number of carbonyl (C=O) groups excluding carboxylic acids is 1. The van der Waals surface area contributed by atoms with Gasteiger partial charge in [-0.15, -0.1) is 0 Å². The zero-order valence-electron chi connectivity index (χ0n) is 9.69. The molecule has 0 radical (unpaired) electrons. The highest BCUT2D eigenvalue weighted by Crippen LogP contribution is 1.98. The second kappa shape index (κ2) is 6.32. The molecule has 0 bridgehead atoms. The van der Waals surface area contributed by atoms with Gasteiger partial charge in [0.05, 0.1) is 6.61 Å². The van der Waals surface area contributed by atoms with Crippen molar-refractivity contribution in [3.05, 3.63) is 30.1 Å². The summed E-state index contributed by atoms with van der Waals surface area (Å²) in [5.41, 5.74) is 1.17. The van der Waals surface area contributed by atoms with Gasteiger partial charge in [0.15, 0.2) is 0 Å². The lowest BCUT2D eigenvalue weighted by Crippen LogP contribution is -2.48. The van der Waals surface area contributed by atoms with Crippen molar-refractivity contribution < 1.29 is 9.53 Å². The van der Waals surface area contributed by atoms with E-state index < -0.39 is 0 Å². The lowest BCUT2D eigenvalue weighted by atomic mass is 10.2. The number of aromatic nitrogens is 1. The molecule has 2 rings (SSSR count). The summed E-state index contributed by atoms with van der Waals surface area (Å²) in [6, 6.07) is 3.90. The molecule has 1 aromatic heterocycles. The van der Waals surface area contributed by atoms with Crippen LogP contribution in [0.25, 0.3) is 0 Å². The van der Waals surface area contributed by atoms with Gasteiger partial charge in [-0.1, -0.05) is 0 Å². The first-order valence-corrected chi connectivity index (χ1v) is 5.85. The molecule has 1 amide bonds. The first kappa shape index (κ1) is 12.0. The summed E-state index contributed by atoms with van der Waals surface area (Å²) in [5, 5.41) is 6.01. The number of nitrogens with zero attached hydrogens (tertiary/aromatic N) is 1. The van der Waals surface area contributed by atoms with E-state index in [1.807, 2.05) is 12.1 Å². The van der Waals surface area contributed by atoms with Crippen molar-refractivity contribution in [2.24, 2.45) is 0 Å². The molecule has 1 unspecified atom stereocenters. The van der Waals surface area contributed by atoms with Crippen LogP contribution in [0.15, 0.2) is 24.5 Å². The number of nitrogens with one attached hydrogen (secondary N) is 2. The van der Waals surface area contributed by atoms with Crippen LogP contribution in [0.2, 0.25) is 0 Å². The van der Waals surface area contributed by atoms with E-state index in [9.17, 15) is 4.79 Å². The summed E-state index contributed by atoms with van der Waals surface area (Å²) in [6.07, 6.45) is 3.98. The van der Waals surface area contributed by atoms with Crippen molar-refractivity contribution in [3.8, 4) is 0 Å². The summed E-state index contributed by atoms with van der Waals surface area (Å²) in [5.74, 6) is -0.0359. The van der Waals surface area contributed by atoms with Crippen molar-refractivity contribution >= 4 is 5.91 Å². The molecule has 5 heteroatoms. The van der Waals surface area contributed by atoms with Gasteiger partial charge in [-0.3, -0.25) is 9.78 Å². The van der Waals surface area contributed by atoms with Gasteiger partial charge in [0.2, 0.25) is 5.91 Å². The highest BCUT2D eigenvalue weighted by atomic mass is 16.5. The van der Waals surface area contributed by atoms with Crippen molar-refractivity contribution in [2.45, 2.75) is 12.5 Å². The molecule has 2 N–H and O–H groups in total. The molecule has 92 valence electrons. The minimum absolute atomic E-state index is 0.0359. The summed E-state index contributed by atoms with van der Waals surface area (Å²) < 4.78 is 5.36. The lowest BCUT2D eigenvalue weighted by molar-refractivity contribution is -0.134. The highest BCUT2D eigenvalue weighted by Gasteiger charge is 2.20. The quantitative estimate of drug-likeness (QED) is 0.754. The van der Waals surface area contributed by atoms with Crippen LogP contribution in [0.4, 0.5) is 0 Å². The summed E-state index contributed by atoms with van der Waals surface area (Å²) in [4.78, 5) is 15.6. The first-order valence-electron chi connectivity index (χ1n) is 5.85. The summed E-state index contributed by atoms with van der Waals surface area (Å²) in [7, 11) is 0. The first-order chi connectivity index (χ1) is 8.36. The minimum atomic E-state index is -0.346. The van der Waals surface area contributed by atoms with Crippen LogP contribution in [-0.4, -0.2) is 43.2 Å². The minimum Gasteiger partial charge on any atom is -0.366 e. The Kier molecular flexibility index (Phi) is 4.46. The fraction of sp³-hybridized carbons (Fsp3) is 0.500. The number of hydrogen-bond acceptors (Lipinski definition) is 4. The number of morpholine rings is 1. The van der Waals surface area contributed by atoms with Crippen molar-refractivity contribution in [1.29, 1.82) is 0 Å². The number of hydrogen-bond donors (Lipinski definition) is 2. The maximum atomic E-state index is 11.7. The highest BCUT2D eigenvalue weighted by molar-refractivity contribution is 5.81. The fourth-order valence-electron chi connectivity index (χ4n) is 1.73. The Labute approximate surface area is 101 Å². The molecule has 1 aliphatic rings. The predicted octanol–water partition coefficient (Wildman–Crippen LogP) is -0.271. The molecule has 17 heavy (non-hydrogen) atoms. The third-order valence-electron chi connectivity index (χ3n) is 2.68. The van der Waals surface area contributed by atoms with Crippen molar-refractivity contribution in [1.82, 2.24) is 15.6 Å². The Bertz CT molecular complexity index is 350. The molecule has 1 fully saturated rings. The normalized spacial score (nSPS) is 19.9. The topological polar surface area (TPSA) is 63.2 Å². The van der Waals surface area contributed by atoms with Gasteiger partial charge in [-0.05, 0) is 24.1 Å². The van der Waals surface area contributed by atoms with E-state index in [-0.39, 0.29) is 12.0 Å². The monoisotopic (exact) mass is 235 g/mol. The molecule has 1 aromatic rings. The van der Waals surface area contributed by atoms with Crippen LogP contribution >= 0.6 is 0 Å². The smallest absolute Gasteiger partial charge is 0.250 e. The molecule has 2 heterocycles. The van der Waals surface area contributed by atoms with Crippen molar-refractivity contribution in [3.63, 3.8) is 0 Å². The van der Waals surface area contributed by atoms with E-state index in [2.05, 4.69) is 15.6 Å². The number of carbonyl (C=O) groups is 1. The molecular formula is C12H17N3O2. The molecule has 0 saturated carbocycles. The number of rotatable bonds is 4. The molecule has 0 aliphatic carbocycles. The Morgan fingerprint density at radius 2 is 2.35 bits per heavy atom. The van der Waals surface area contributed by atoms with Crippen molar-refractivity contribution in [2.75, 3.05) is 26.2 Å². The van der Waals surface area contributed by atoms with E-state index >= 15 is 0 Å². The van der Waals surface area contributed by atoms with Crippen LogP contribution < -0.4 is 10.6 Å². The van der Waals surface area contributed by atoms with Gasteiger partial charge in [-0.25, -0.2) is 0 Å². The Morgan fingerprint density at radius 1 is 1.53 bits per heavy atom. The maximum Gasteiger partial charge on any atom is 0.250 e. The zero-order valence-corrected chi connectivity index (χ0v) is 9.69. The maximum absolute atomic E-state index is 11.7. The summed E-state index contributed by atoms with van der Waals surface area (Å²) in [6.45, 7) is 2.65. The molecule has 0 spiro atoms. The molecule has 1 saturated heterocycles. The van der Waals surface area contributed by atoms with Gasteiger partial charge in [0.25, 0.3) is 0 Å². The van der Waals surface area contributed by atoms with E-state index in [0.717, 1.165) is 13.0 Å². The van der Waals surface area contributed by atoms with Crippen LogP contribution in [0, 0.1) is 0 Å². The van der Waals surface area contributed by atoms with Gasteiger partial charge in [0.1, 0.15) is 6.10 Å². The van der Waals surface area contributed by atoms with Crippen LogP contribution in [0.5, 0.6) is 0 Å². The molecule has 5 nitrogen and oxygen atoms in total. The van der Waals surface area contributed by atoms with E-state index in [0.29, 0.717) is 19.7 Å². The van der Waals surface area contributed by atoms with Gasteiger partial charge in [0, 0.05) is 32.0 Å². The van der Waals surface area contributed by atoms with Gasteiger partial charge in [-0.2, -0.15) is 0 Å². The Hall–Kier alpha value is -1.46. The average Bonchev–Trinajstić information content (AvgIpc) is 2.41. The van der Waals surface area contributed by atoms with Gasteiger partial charge < -0.3 is 15.4 Å². The fourth-order valence-corrected chi connectivity index (χ4v) is 1.73. The van der Waals surface area contributed by atoms with Crippen LogP contribution in [0.1, 0.15) is 5.56 Å². The standard InChI is InChI=1S/C12H17N3O2/c16-12(11-9-14-7-8-17-11)15-6-3-10-1-4-13-5-2-10/h1-2,4-5,11,14H,3,6-9H2,(H,15,16). The third kappa shape index (κ3) is 3.80. The zero-order chi connectivity index (χ0) is 11.9. The third-order valence-corrected chi connectivity index (χ3v) is 2.68. The summed E-state index contributed by atoms with van der Waals surface area (Å²) >= 11 is 0. The largest absolute Gasteiger partial charge is 0.366 e. The number of amides is 1. The van der Waals surface area contributed by atoms with E-state index in [1.165, 1.54) is 5.56 Å². The van der Waals surface area contributed by atoms with E-state index in [4.69, 9.17) is 4.74 Å².